The first kappa shape index (κ1) is 16.6. The maximum Gasteiger partial charge on any atom is 0.574 e. The molecule has 0 fully saturated rings. The monoisotopic (exact) mass is 363 g/mol. The van der Waals surface area contributed by atoms with Crippen molar-refractivity contribution in [3.63, 3.8) is 0 Å². The van der Waals surface area contributed by atoms with Gasteiger partial charge in [0.15, 0.2) is 0 Å². The van der Waals surface area contributed by atoms with Crippen molar-refractivity contribution in [1.82, 2.24) is 4.98 Å². The zero-order chi connectivity index (χ0) is 15.5. The Bertz CT molecular complexity index is 506. The van der Waals surface area contributed by atoms with Crippen LogP contribution >= 0.6 is 15.9 Å². The van der Waals surface area contributed by atoms with Crippen molar-refractivity contribution in [2.45, 2.75) is 24.5 Å². The Balaban J connectivity index is 3.35. The van der Waals surface area contributed by atoms with Gasteiger partial charge in [-0.3, -0.25) is 4.79 Å². The fraction of sp³-hybridized carbons (Fsp3) is 0.400. The van der Waals surface area contributed by atoms with Crippen LogP contribution in [0.25, 0.3) is 0 Å². The van der Waals surface area contributed by atoms with Gasteiger partial charge in [0.05, 0.1) is 6.42 Å². The second-order valence-corrected chi connectivity index (χ2v) is 4.11. The lowest BCUT2D eigenvalue weighted by Crippen LogP contribution is -2.20. The van der Waals surface area contributed by atoms with E-state index < -0.39 is 42.3 Å². The molecule has 1 aromatic heterocycles. The van der Waals surface area contributed by atoms with Gasteiger partial charge in [-0.15, -0.1) is 13.2 Å². The van der Waals surface area contributed by atoms with Crippen LogP contribution in [0.1, 0.15) is 23.2 Å². The normalized spacial score (nSPS) is 11.8. The molecule has 0 saturated carbocycles. The molecule has 0 aliphatic rings. The molecule has 10 heteroatoms. The maximum absolute atomic E-state index is 12.7. The fourth-order valence-corrected chi connectivity index (χ4v) is 1.83. The Morgan fingerprint density at radius 1 is 1.40 bits per heavy atom. The van der Waals surface area contributed by atoms with Gasteiger partial charge in [-0.25, -0.2) is 13.8 Å². The summed E-state index contributed by atoms with van der Waals surface area (Å²) in [4.78, 5) is 13.7. The van der Waals surface area contributed by atoms with E-state index in [2.05, 4.69) is 25.7 Å². The first-order valence-corrected chi connectivity index (χ1v) is 6.10. The highest BCUT2D eigenvalue weighted by Gasteiger charge is 2.34. The molecular weight excluding hydrogens is 357 g/mol. The Kier molecular flexibility index (Phi) is 5.26. The molecule has 0 bridgehead atoms. The minimum absolute atomic E-state index is 0.106. The number of pyridine rings is 1. The third-order valence-corrected chi connectivity index (χ3v) is 2.68. The summed E-state index contributed by atoms with van der Waals surface area (Å²) in [6.45, 7) is 0. The lowest BCUT2D eigenvalue weighted by Gasteiger charge is -2.15. The second-order valence-electron chi connectivity index (χ2n) is 3.55. The number of carbonyl (C=O) groups is 1. The number of hydrogen-bond acceptors (Lipinski definition) is 3. The SMILES string of the molecule is O=C(O)Cc1cc(CBr)c(C(F)F)nc1OC(F)(F)F. The average molecular weight is 364 g/mol. The predicted molar refractivity (Wildman–Crippen MR) is 59.8 cm³/mol. The summed E-state index contributed by atoms with van der Waals surface area (Å²) < 4.78 is 65.4. The number of rotatable bonds is 5. The molecule has 0 aromatic carbocycles. The van der Waals surface area contributed by atoms with E-state index in [9.17, 15) is 26.7 Å². The van der Waals surface area contributed by atoms with E-state index in [1.807, 2.05) is 0 Å². The van der Waals surface area contributed by atoms with Gasteiger partial charge in [0.25, 0.3) is 6.43 Å². The van der Waals surface area contributed by atoms with Crippen LogP contribution in [-0.2, 0) is 16.5 Å². The molecule has 0 spiro atoms. The zero-order valence-electron chi connectivity index (χ0n) is 9.55. The Hall–Kier alpha value is -1.45. The molecule has 4 nitrogen and oxygen atoms in total. The molecule has 0 atom stereocenters. The van der Waals surface area contributed by atoms with Crippen LogP contribution in [0, 0.1) is 0 Å². The highest BCUT2D eigenvalue weighted by atomic mass is 79.9. The molecule has 20 heavy (non-hydrogen) atoms. The lowest BCUT2D eigenvalue weighted by atomic mass is 10.1. The van der Waals surface area contributed by atoms with Crippen LogP contribution in [0.3, 0.4) is 0 Å². The van der Waals surface area contributed by atoms with Gasteiger partial charge >= 0.3 is 12.3 Å². The number of halogens is 6. The molecule has 0 amide bonds. The molecular formula is C10H7BrF5NO3. The number of carboxylic acid groups (broad SMARTS) is 1. The number of hydrogen-bond donors (Lipinski definition) is 1. The molecule has 112 valence electrons. The van der Waals surface area contributed by atoms with E-state index in [-0.39, 0.29) is 10.9 Å². The van der Waals surface area contributed by atoms with Crippen molar-refractivity contribution in [2.75, 3.05) is 0 Å². The van der Waals surface area contributed by atoms with Crippen molar-refractivity contribution in [1.29, 1.82) is 0 Å². The summed E-state index contributed by atoms with van der Waals surface area (Å²) in [5, 5.41) is 8.49. The third kappa shape index (κ3) is 4.58. The minimum Gasteiger partial charge on any atom is -0.481 e. The van der Waals surface area contributed by atoms with Crippen molar-refractivity contribution < 1.29 is 36.6 Å². The average Bonchev–Trinajstić information content (AvgIpc) is 2.27. The molecule has 1 heterocycles. The Labute approximate surface area is 117 Å². The minimum atomic E-state index is -5.16. The highest BCUT2D eigenvalue weighted by molar-refractivity contribution is 9.08. The predicted octanol–water partition coefficient (Wildman–Crippen LogP) is 3.44. The van der Waals surface area contributed by atoms with E-state index >= 15 is 0 Å². The van der Waals surface area contributed by atoms with E-state index in [0.29, 0.717) is 0 Å². The third-order valence-electron chi connectivity index (χ3n) is 2.08. The van der Waals surface area contributed by atoms with E-state index in [0.717, 1.165) is 6.07 Å². The lowest BCUT2D eigenvalue weighted by molar-refractivity contribution is -0.276. The van der Waals surface area contributed by atoms with Crippen molar-refractivity contribution in [3.8, 4) is 5.88 Å². The van der Waals surface area contributed by atoms with Crippen LogP contribution in [0.4, 0.5) is 22.0 Å². The highest BCUT2D eigenvalue weighted by Crippen LogP contribution is 2.31. The number of nitrogens with zero attached hydrogens (tertiary/aromatic N) is 1. The van der Waals surface area contributed by atoms with Gasteiger partial charge in [-0.2, -0.15) is 0 Å². The van der Waals surface area contributed by atoms with Gasteiger partial charge in [0, 0.05) is 10.9 Å². The van der Waals surface area contributed by atoms with Crippen LogP contribution in [-0.4, -0.2) is 22.4 Å². The van der Waals surface area contributed by atoms with Gasteiger partial charge < -0.3 is 9.84 Å². The van der Waals surface area contributed by atoms with Crippen LogP contribution < -0.4 is 4.74 Å². The largest absolute Gasteiger partial charge is 0.574 e. The molecule has 1 aromatic rings. The smallest absolute Gasteiger partial charge is 0.481 e. The number of carboxylic acids is 1. The summed E-state index contributed by atoms with van der Waals surface area (Å²) in [5.41, 5.74) is -1.44. The molecule has 0 aliphatic carbocycles. The second kappa shape index (κ2) is 6.33. The van der Waals surface area contributed by atoms with E-state index in [1.165, 1.54) is 0 Å². The molecule has 0 saturated heterocycles. The van der Waals surface area contributed by atoms with Crippen LogP contribution in [0.2, 0.25) is 0 Å². The quantitative estimate of drug-likeness (QED) is 0.643. The Morgan fingerprint density at radius 2 is 2.00 bits per heavy atom. The molecule has 1 N–H and O–H groups in total. The molecule has 0 unspecified atom stereocenters. The summed E-state index contributed by atoms with van der Waals surface area (Å²) >= 11 is 2.88. The number of aromatic nitrogens is 1. The molecule has 1 rings (SSSR count). The topological polar surface area (TPSA) is 59.4 Å². The maximum atomic E-state index is 12.7. The van der Waals surface area contributed by atoms with Crippen LogP contribution in [0.5, 0.6) is 5.88 Å². The zero-order valence-corrected chi connectivity index (χ0v) is 11.1. The first-order chi connectivity index (χ1) is 9.14. The molecule has 0 radical (unpaired) electrons. The Morgan fingerprint density at radius 3 is 2.40 bits per heavy atom. The van der Waals surface area contributed by atoms with Crippen molar-refractivity contribution in [3.05, 3.63) is 22.9 Å². The van der Waals surface area contributed by atoms with E-state index in [4.69, 9.17) is 5.11 Å². The molecule has 0 aliphatic heterocycles. The van der Waals surface area contributed by atoms with Gasteiger partial charge in [0.1, 0.15) is 5.69 Å². The number of alkyl halides is 6. The number of ether oxygens (including phenoxy) is 1. The summed E-state index contributed by atoms with van der Waals surface area (Å²) in [5.74, 6) is -2.62. The summed E-state index contributed by atoms with van der Waals surface area (Å²) in [6.07, 6.45) is -9.10. The standard InChI is InChI=1S/C10H7BrF5NO3/c11-3-5-1-4(2-6(18)19)9(20-10(14,15)16)17-7(5)8(12)13/h1,8H,2-3H2,(H,18,19). The van der Waals surface area contributed by atoms with Crippen LogP contribution in [0.15, 0.2) is 6.07 Å². The van der Waals surface area contributed by atoms with Crippen molar-refractivity contribution >= 4 is 21.9 Å². The van der Waals surface area contributed by atoms with E-state index in [1.54, 1.807) is 0 Å². The number of aliphatic carboxylic acids is 1. The van der Waals surface area contributed by atoms with Gasteiger partial charge in [-0.1, -0.05) is 15.9 Å². The van der Waals surface area contributed by atoms with Crippen molar-refractivity contribution in [2.24, 2.45) is 0 Å². The fourth-order valence-electron chi connectivity index (χ4n) is 1.38. The summed E-state index contributed by atoms with van der Waals surface area (Å²) in [6, 6.07) is 0.901. The first-order valence-electron chi connectivity index (χ1n) is 4.98. The summed E-state index contributed by atoms with van der Waals surface area (Å²) in [7, 11) is 0. The van der Waals surface area contributed by atoms with Gasteiger partial charge in [-0.05, 0) is 11.6 Å². The van der Waals surface area contributed by atoms with Gasteiger partial charge in [0.2, 0.25) is 5.88 Å².